The molecule has 2 saturated carbocycles. The van der Waals surface area contributed by atoms with Gasteiger partial charge in [-0.2, -0.15) is 0 Å². The molecular formula is C20H23N3O3S. The number of aromatic nitrogens is 1. The Balaban J connectivity index is 1.34. The van der Waals surface area contributed by atoms with Crippen molar-refractivity contribution in [3.8, 4) is 10.4 Å². The summed E-state index contributed by atoms with van der Waals surface area (Å²) in [6.45, 7) is 0.952. The van der Waals surface area contributed by atoms with E-state index < -0.39 is 5.97 Å². The number of rotatable bonds is 8. The van der Waals surface area contributed by atoms with Crippen molar-refractivity contribution in [2.75, 3.05) is 13.1 Å². The van der Waals surface area contributed by atoms with E-state index >= 15 is 0 Å². The zero-order valence-electron chi connectivity index (χ0n) is 15.0. The first-order valence-electron chi connectivity index (χ1n) is 9.35. The fourth-order valence-corrected chi connectivity index (χ4v) is 4.40. The third-order valence-corrected chi connectivity index (χ3v) is 6.19. The van der Waals surface area contributed by atoms with Crippen LogP contribution in [0.1, 0.15) is 36.2 Å². The first kappa shape index (κ1) is 18.1. The Morgan fingerprint density at radius 2 is 1.96 bits per heavy atom. The number of benzene rings is 1. The van der Waals surface area contributed by atoms with Crippen molar-refractivity contribution in [3.63, 3.8) is 0 Å². The SMILES string of the molecule is O=C(O)CN(CC1CC1)C1CC(NC(=O)c2ncsc2-c2ccccc2)C1. The van der Waals surface area contributed by atoms with E-state index in [0.29, 0.717) is 11.6 Å². The van der Waals surface area contributed by atoms with E-state index in [4.69, 9.17) is 5.11 Å². The first-order chi connectivity index (χ1) is 13.1. The van der Waals surface area contributed by atoms with Gasteiger partial charge < -0.3 is 10.4 Å². The highest BCUT2D eigenvalue weighted by Gasteiger charge is 2.38. The molecule has 2 N–H and O–H groups in total. The number of carbonyl (C=O) groups is 2. The molecule has 0 aliphatic heterocycles. The van der Waals surface area contributed by atoms with E-state index in [1.807, 2.05) is 30.3 Å². The highest BCUT2D eigenvalue weighted by molar-refractivity contribution is 7.13. The number of carboxylic acids is 1. The van der Waals surface area contributed by atoms with Crippen molar-refractivity contribution in [3.05, 3.63) is 41.5 Å². The van der Waals surface area contributed by atoms with Gasteiger partial charge in [0.25, 0.3) is 5.91 Å². The molecule has 1 amide bonds. The van der Waals surface area contributed by atoms with Gasteiger partial charge in [0.1, 0.15) is 5.69 Å². The molecule has 2 aromatic rings. The number of hydrogen-bond acceptors (Lipinski definition) is 5. The Hall–Kier alpha value is -2.25. The first-order valence-corrected chi connectivity index (χ1v) is 10.2. The molecule has 6 nitrogen and oxygen atoms in total. The van der Waals surface area contributed by atoms with Gasteiger partial charge >= 0.3 is 5.97 Å². The molecule has 0 radical (unpaired) electrons. The van der Waals surface area contributed by atoms with Crippen molar-refractivity contribution in [1.82, 2.24) is 15.2 Å². The molecule has 0 unspecified atom stereocenters. The largest absolute Gasteiger partial charge is 0.480 e. The van der Waals surface area contributed by atoms with Crippen LogP contribution in [0.15, 0.2) is 35.8 Å². The van der Waals surface area contributed by atoms with E-state index in [1.54, 1.807) is 5.51 Å². The van der Waals surface area contributed by atoms with Crippen LogP contribution in [-0.2, 0) is 4.79 Å². The lowest BCUT2D eigenvalue weighted by molar-refractivity contribution is -0.139. The van der Waals surface area contributed by atoms with Gasteiger partial charge in [0.15, 0.2) is 0 Å². The topological polar surface area (TPSA) is 82.5 Å². The van der Waals surface area contributed by atoms with Gasteiger partial charge in [0.05, 0.1) is 16.9 Å². The number of aliphatic carboxylic acids is 1. The quantitative estimate of drug-likeness (QED) is 0.730. The molecule has 1 heterocycles. The van der Waals surface area contributed by atoms with Crippen molar-refractivity contribution >= 4 is 23.2 Å². The van der Waals surface area contributed by atoms with E-state index in [9.17, 15) is 9.59 Å². The van der Waals surface area contributed by atoms with Crippen LogP contribution in [-0.4, -0.2) is 52.0 Å². The smallest absolute Gasteiger partial charge is 0.317 e. The van der Waals surface area contributed by atoms with Gasteiger partial charge in [-0.15, -0.1) is 11.3 Å². The number of hydrogen-bond donors (Lipinski definition) is 2. The lowest BCUT2D eigenvalue weighted by atomic mass is 9.85. The Labute approximate surface area is 162 Å². The highest BCUT2D eigenvalue weighted by atomic mass is 32.1. The van der Waals surface area contributed by atoms with Gasteiger partial charge in [-0.25, -0.2) is 4.98 Å². The number of carboxylic acid groups (broad SMARTS) is 1. The van der Waals surface area contributed by atoms with Crippen LogP contribution in [0.2, 0.25) is 0 Å². The summed E-state index contributed by atoms with van der Waals surface area (Å²) >= 11 is 1.46. The second-order valence-electron chi connectivity index (χ2n) is 7.46. The Kier molecular flexibility index (Phi) is 5.22. The van der Waals surface area contributed by atoms with Crippen LogP contribution < -0.4 is 5.32 Å². The summed E-state index contributed by atoms with van der Waals surface area (Å²) < 4.78 is 0. The van der Waals surface area contributed by atoms with Crippen LogP contribution in [0.25, 0.3) is 10.4 Å². The number of thiazole rings is 1. The fraction of sp³-hybridized carbons (Fsp3) is 0.450. The monoisotopic (exact) mass is 385 g/mol. The van der Waals surface area contributed by atoms with E-state index in [1.165, 1.54) is 24.2 Å². The summed E-state index contributed by atoms with van der Waals surface area (Å²) in [4.78, 5) is 31.0. The Bertz CT molecular complexity index is 813. The summed E-state index contributed by atoms with van der Waals surface area (Å²) in [5.74, 6) is -0.273. The van der Waals surface area contributed by atoms with E-state index in [-0.39, 0.29) is 24.5 Å². The van der Waals surface area contributed by atoms with Crippen LogP contribution in [0.4, 0.5) is 0 Å². The van der Waals surface area contributed by atoms with Gasteiger partial charge in [0, 0.05) is 18.6 Å². The maximum Gasteiger partial charge on any atom is 0.317 e. The molecule has 4 rings (SSSR count). The van der Waals surface area contributed by atoms with E-state index in [2.05, 4.69) is 15.2 Å². The molecule has 0 atom stereocenters. The van der Waals surface area contributed by atoms with Crippen molar-refractivity contribution in [2.24, 2.45) is 5.92 Å². The number of amides is 1. The third kappa shape index (κ3) is 4.36. The van der Waals surface area contributed by atoms with Gasteiger partial charge in [-0.1, -0.05) is 30.3 Å². The normalized spacial score (nSPS) is 21.7. The molecule has 0 saturated heterocycles. The molecule has 0 spiro atoms. The molecule has 1 aromatic heterocycles. The minimum atomic E-state index is -0.780. The molecule has 2 aliphatic rings. The summed E-state index contributed by atoms with van der Waals surface area (Å²) in [6.07, 6.45) is 4.01. The highest BCUT2D eigenvalue weighted by Crippen LogP contribution is 2.34. The zero-order chi connectivity index (χ0) is 18.8. The Morgan fingerprint density at radius 1 is 1.22 bits per heavy atom. The number of nitrogens with one attached hydrogen (secondary N) is 1. The second kappa shape index (κ2) is 7.78. The Morgan fingerprint density at radius 3 is 2.63 bits per heavy atom. The average Bonchev–Trinajstić information content (AvgIpc) is 3.29. The predicted octanol–water partition coefficient (Wildman–Crippen LogP) is 2.87. The summed E-state index contributed by atoms with van der Waals surface area (Å²) in [7, 11) is 0. The van der Waals surface area contributed by atoms with Gasteiger partial charge in [-0.3, -0.25) is 14.5 Å². The lowest BCUT2D eigenvalue weighted by Crippen LogP contribution is -2.55. The molecule has 2 fully saturated rings. The molecule has 27 heavy (non-hydrogen) atoms. The van der Waals surface area contributed by atoms with Crippen molar-refractivity contribution < 1.29 is 14.7 Å². The van der Waals surface area contributed by atoms with Gasteiger partial charge in [0.2, 0.25) is 0 Å². The maximum absolute atomic E-state index is 12.7. The van der Waals surface area contributed by atoms with Crippen molar-refractivity contribution in [1.29, 1.82) is 0 Å². The van der Waals surface area contributed by atoms with Gasteiger partial charge in [-0.05, 0) is 37.2 Å². The predicted molar refractivity (Wildman–Crippen MR) is 104 cm³/mol. The fourth-order valence-electron chi connectivity index (χ4n) is 3.61. The number of nitrogens with zero attached hydrogens (tertiary/aromatic N) is 2. The molecule has 1 aromatic carbocycles. The molecular weight excluding hydrogens is 362 g/mol. The van der Waals surface area contributed by atoms with Crippen LogP contribution in [0, 0.1) is 5.92 Å². The van der Waals surface area contributed by atoms with Crippen LogP contribution >= 0.6 is 11.3 Å². The third-order valence-electron chi connectivity index (χ3n) is 5.31. The van der Waals surface area contributed by atoms with Crippen LogP contribution in [0.3, 0.4) is 0 Å². The minimum absolute atomic E-state index is 0.0864. The summed E-state index contributed by atoms with van der Waals surface area (Å²) in [5.41, 5.74) is 3.16. The lowest BCUT2D eigenvalue weighted by Gasteiger charge is -2.42. The molecule has 0 bridgehead atoms. The standard InChI is InChI=1S/C20H23N3O3S/c24-17(25)11-23(10-13-6-7-13)16-8-15(9-16)22-20(26)18-19(27-12-21-18)14-4-2-1-3-5-14/h1-5,12-13,15-16H,6-11H2,(H,22,26)(H,24,25). The maximum atomic E-state index is 12.7. The summed E-state index contributed by atoms with van der Waals surface area (Å²) in [6, 6.07) is 10.1. The zero-order valence-corrected chi connectivity index (χ0v) is 15.8. The van der Waals surface area contributed by atoms with Crippen LogP contribution in [0.5, 0.6) is 0 Å². The second-order valence-corrected chi connectivity index (χ2v) is 8.31. The average molecular weight is 385 g/mol. The number of carbonyl (C=O) groups excluding carboxylic acids is 1. The molecule has 2 aliphatic carbocycles. The minimum Gasteiger partial charge on any atom is -0.480 e. The van der Waals surface area contributed by atoms with E-state index in [0.717, 1.165) is 29.8 Å². The summed E-state index contributed by atoms with van der Waals surface area (Å²) in [5, 5.41) is 12.2. The molecule has 7 heteroatoms. The van der Waals surface area contributed by atoms with Crippen molar-refractivity contribution in [2.45, 2.75) is 37.8 Å². The molecule has 142 valence electrons.